The summed E-state index contributed by atoms with van der Waals surface area (Å²) in [5, 5.41) is 0. The molecule has 58 valence electrons. The number of ether oxygens (including phenoxy) is 1. The second kappa shape index (κ2) is 2.95. The van der Waals surface area contributed by atoms with Crippen LogP contribution < -0.4 is 0 Å². The van der Waals surface area contributed by atoms with Gasteiger partial charge in [0.05, 0.1) is 12.7 Å². The molecular formula is C7H12INO. The number of hydrogen-bond donors (Lipinski definition) is 0. The van der Waals surface area contributed by atoms with E-state index in [4.69, 9.17) is 4.74 Å². The summed E-state index contributed by atoms with van der Waals surface area (Å²) < 4.78 is 8.04. The van der Waals surface area contributed by atoms with Crippen LogP contribution in [0.3, 0.4) is 0 Å². The largest absolute Gasteiger partial charge is 0.375 e. The molecule has 2 aliphatic rings. The molecular weight excluding hydrogens is 241 g/mol. The molecule has 0 amide bonds. The van der Waals surface area contributed by atoms with Crippen molar-refractivity contribution in [2.24, 2.45) is 0 Å². The third kappa shape index (κ3) is 1.19. The van der Waals surface area contributed by atoms with E-state index in [-0.39, 0.29) is 0 Å². The fourth-order valence-corrected chi connectivity index (χ4v) is 2.71. The standard InChI is InChI=1S/C7H12INO/c8-9-4-5-10-7-3-1-2-6(7)9/h6-7H,1-5H2. The van der Waals surface area contributed by atoms with Crippen LogP contribution in [0.15, 0.2) is 0 Å². The average Bonchev–Trinajstić information content (AvgIpc) is 2.36. The first-order valence-corrected chi connectivity index (χ1v) is 4.88. The SMILES string of the molecule is IN1CCOC2CCCC21. The van der Waals surface area contributed by atoms with Crippen molar-refractivity contribution in [3.8, 4) is 0 Å². The molecule has 1 heterocycles. The fourth-order valence-electron chi connectivity index (χ4n) is 1.88. The highest BCUT2D eigenvalue weighted by molar-refractivity contribution is 14.1. The van der Waals surface area contributed by atoms with Gasteiger partial charge in [0.2, 0.25) is 0 Å². The van der Waals surface area contributed by atoms with Crippen LogP contribution in [0.5, 0.6) is 0 Å². The van der Waals surface area contributed by atoms with Crippen LogP contribution in [0, 0.1) is 0 Å². The van der Waals surface area contributed by atoms with Crippen molar-refractivity contribution in [1.29, 1.82) is 0 Å². The summed E-state index contributed by atoms with van der Waals surface area (Å²) in [6.45, 7) is 2.05. The lowest BCUT2D eigenvalue weighted by Crippen LogP contribution is -2.42. The predicted molar refractivity (Wildman–Crippen MR) is 48.1 cm³/mol. The maximum absolute atomic E-state index is 5.63. The van der Waals surface area contributed by atoms with Crippen molar-refractivity contribution < 1.29 is 4.74 Å². The van der Waals surface area contributed by atoms with Crippen LogP contribution >= 0.6 is 22.9 Å². The Morgan fingerprint density at radius 1 is 1.40 bits per heavy atom. The van der Waals surface area contributed by atoms with E-state index in [0.29, 0.717) is 6.10 Å². The number of halogens is 1. The Morgan fingerprint density at radius 2 is 2.30 bits per heavy atom. The third-order valence-electron chi connectivity index (χ3n) is 2.41. The van der Waals surface area contributed by atoms with Crippen molar-refractivity contribution in [3.63, 3.8) is 0 Å². The Morgan fingerprint density at radius 3 is 3.10 bits per heavy atom. The highest BCUT2D eigenvalue weighted by atomic mass is 127. The molecule has 1 saturated carbocycles. The van der Waals surface area contributed by atoms with E-state index < -0.39 is 0 Å². The summed E-state index contributed by atoms with van der Waals surface area (Å²) in [7, 11) is 0. The zero-order chi connectivity index (χ0) is 6.97. The molecule has 0 aromatic heterocycles. The quantitative estimate of drug-likeness (QED) is 0.480. The lowest BCUT2D eigenvalue weighted by molar-refractivity contribution is -0.0145. The summed E-state index contributed by atoms with van der Waals surface area (Å²) >= 11 is 2.43. The van der Waals surface area contributed by atoms with Gasteiger partial charge in [0, 0.05) is 35.5 Å². The molecule has 2 unspecified atom stereocenters. The third-order valence-corrected chi connectivity index (χ3v) is 3.61. The highest BCUT2D eigenvalue weighted by Gasteiger charge is 2.34. The van der Waals surface area contributed by atoms with Gasteiger partial charge in [-0.25, -0.2) is 3.11 Å². The van der Waals surface area contributed by atoms with Gasteiger partial charge in [-0.15, -0.1) is 0 Å². The van der Waals surface area contributed by atoms with E-state index in [1.54, 1.807) is 0 Å². The molecule has 1 saturated heterocycles. The minimum absolute atomic E-state index is 0.561. The summed E-state index contributed by atoms with van der Waals surface area (Å²) in [5.41, 5.74) is 0. The topological polar surface area (TPSA) is 12.5 Å². The van der Waals surface area contributed by atoms with E-state index in [9.17, 15) is 0 Å². The van der Waals surface area contributed by atoms with E-state index in [2.05, 4.69) is 26.0 Å². The van der Waals surface area contributed by atoms with Gasteiger partial charge in [0.15, 0.2) is 0 Å². The molecule has 0 radical (unpaired) electrons. The van der Waals surface area contributed by atoms with Crippen LogP contribution in [0.1, 0.15) is 19.3 Å². The Bertz CT molecular complexity index is 131. The molecule has 0 aromatic carbocycles. The van der Waals surface area contributed by atoms with E-state index in [0.717, 1.165) is 19.2 Å². The van der Waals surface area contributed by atoms with E-state index >= 15 is 0 Å². The molecule has 3 heteroatoms. The number of rotatable bonds is 0. The number of morpholine rings is 1. The monoisotopic (exact) mass is 253 g/mol. The van der Waals surface area contributed by atoms with Gasteiger partial charge >= 0.3 is 0 Å². The molecule has 0 aromatic rings. The molecule has 0 spiro atoms. The Hall–Kier alpha value is 0.650. The normalized spacial score (nSPS) is 41.7. The maximum Gasteiger partial charge on any atom is 0.0739 e. The Labute approximate surface area is 75.4 Å². The Balaban J connectivity index is 2.03. The molecule has 2 fully saturated rings. The molecule has 2 atom stereocenters. The van der Waals surface area contributed by atoms with Gasteiger partial charge in [-0.3, -0.25) is 0 Å². The first-order chi connectivity index (χ1) is 4.88. The molecule has 0 bridgehead atoms. The fraction of sp³-hybridized carbons (Fsp3) is 1.00. The molecule has 0 N–H and O–H groups in total. The first-order valence-electron chi connectivity index (χ1n) is 3.92. The second-order valence-corrected chi connectivity index (χ2v) is 4.27. The highest BCUT2D eigenvalue weighted by Crippen LogP contribution is 2.31. The van der Waals surface area contributed by atoms with Gasteiger partial charge in [-0.1, -0.05) is 0 Å². The van der Waals surface area contributed by atoms with Crippen LogP contribution in [0.25, 0.3) is 0 Å². The average molecular weight is 253 g/mol. The van der Waals surface area contributed by atoms with Crippen molar-refractivity contribution >= 4 is 22.9 Å². The summed E-state index contributed by atoms with van der Waals surface area (Å²) in [4.78, 5) is 0. The van der Waals surface area contributed by atoms with Gasteiger partial charge in [-0.2, -0.15) is 0 Å². The minimum Gasteiger partial charge on any atom is -0.375 e. The van der Waals surface area contributed by atoms with E-state index in [1.165, 1.54) is 19.3 Å². The zero-order valence-electron chi connectivity index (χ0n) is 5.92. The second-order valence-electron chi connectivity index (χ2n) is 3.03. The minimum atomic E-state index is 0.561. The lowest BCUT2D eigenvalue weighted by Gasteiger charge is -2.32. The van der Waals surface area contributed by atoms with Crippen LogP contribution in [-0.2, 0) is 4.74 Å². The van der Waals surface area contributed by atoms with Crippen LogP contribution in [0.2, 0.25) is 0 Å². The van der Waals surface area contributed by atoms with Gasteiger partial charge in [0.1, 0.15) is 0 Å². The van der Waals surface area contributed by atoms with Crippen molar-refractivity contribution in [3.05, 3.63) is 0 Å². The van der Waals surface area contributed by atoms with Crippen molar-refractivity contribution in [1.82, 2.24) is 3.11 Å². The Kier molecular flexibility index (Phi) is 2.15. The molecule has 2 rings (SSSR count). The summed E-state index contributed by atoms with van der Waals surface area (Å²) in [5.74, 6) is 0. The predicted octanol–water partition coefficient (Wildman–Crippen LogP) is 1.59. The molecule has 2 nitrogen and oxygen atoms in total. The smallest absolute Gasteiger partial charge is 0.0739 e. The van der Waals surface area contributed by atoms with Crippen LogP contribution in [0.4, 0.5) is 0 Å². The van der Waals surface area contributed by atoms with Gasteiger partial charge < -0.3 is 4.74 Å². The van der Waals surface area contributed by atoms with Crippen molar-refractivity contribution in [2.45, 2.75) is 31.4 Å². The number of fused-ring (bicyclic) bond motifs is 1. The first kappa shape index (κ1) is 7.31. The van der Waals surface area contributed by atoms with Gasteiger partial charge in [-0.05, 0) is 19.3 Å². The van der Waals surface area contributed by atoms with Crippen molar-refractivity contribution in [2.75, 3.05) is 13.2 Å². The maximum atomic E-state index is 5.63. The molecule has 1 aliphatic carbocycles. The molecule has 1 aliphatic heterocycles. The van der Waals surface area contributed by atoms with Crippen LogP contribution in [-0.4, -0.2) is 28.4 Å². The van der Waals surface area contributed by atoms with Gasteiger partial charge in [0.25, 0.3) is 0 Å². The number of hydrogen-bond acceptors (Lipinski definition) is 2. The number of nitrogens with zero attached hydrogens (tertiary/aromatic N) is 1. The van der Waals surface area contributed by atoms with E-state index in [1.807, 2.05) is 0 Å². The summed E-state index contributed by atoms with van der Waals surface area (Å²) in [6, 6.07) is 0.731. The lowest BCUT2D eigenvalue weighted by atomic mass is 10.2. The molecule has 10 heavy (non-hydrogen) atoms. The summed E-state index contributed by atoms with van der Waals surface area (Å²) in [6.07, 6.45) is 4.54. The zero-order valence-corrected chi connectivity index (χ0v) is 8.08.